The molecule has 124 valence electrons. The van der Waals surface area contributed by atoms with E-state index in [0.29, 0.717) is 0 Å². The van der Waals surface area contributed by atoms with Crippen LogP contribution >= 0.6 is 0 Å². The van der Waals surface area contributed by atoms with Crippen LogP contribution in [-0.2, 0) is 6.54 Å². The molecule has 0 N–H and O–H groups in total. The van der Waals surface area contributed by atoms with Crippen molar-refractivity contribution in [3.63, 3.8) is 0 Å². The van der Waals surface area contributed by atoms with Crippen LogP contribution in [0.15, 0.2) is 41.1 Å². The lowest BCUT2D eigenvalue weighted by atomic mass is 10.1. The summed E-state index contributed by atoms with van der Waals surface area (Å²) in [6.07, 6.45) is 1.89. The van der Waals surface area contributed by atoms with E-state index in [-0.39, 0.29) is 0 Å². The van der Waals surface area contributed by atoms with Crippen molar-refractivity contribution in [1.29, 1.82) is 0 Å². The summed E-state index contributed by atoms with van der Waals surface area (Å²) in [7, 11) is 0. The molecule has 3 aromatic rings. The molecule has 0 amide bonds. The summed E-state index contributed by atoms with van der Waals surface area (Å²) in [6, 6.07) is 10.5. The monoisotopic (exact) mass is 322 g/mol. The second-order valence-electron chi connectivity index (χ2n) is 6.57. The van der Waals surface area contributed by atoms with Crippen LogP contribution in [0.4, 0.5) is 5.82 Å². The molecule has 1 aromatic carbocycles. The molecule has 1 fully saturated rings. The van der Waals surface area contributed by atoms with E-state index in [0.717, 1.165) is 55.2 Å². The number of aromatic nitrogens is 2. The normalized spacial score (nSPS) is 16.0. The fourth-order valence-electron chi connectivity index (χ4n) is 3.35. The molecular formula is C19H22N4O. The van der Waals surface area contributed by atoms with Gasteiger partial charge in [0, 0.05) is 44.6 Å². The van der Waals surface area contributed by atoms with Crippen molar-refractivity contribution in [2.45, 2.75) is 20.4 Å². The maximum atomic E-state index is 5.48. The second kappa shape index (κ2) is 6.24. The van der Waals surface area contributed by atoms with Crippen molar-refractivity contribution >= 4 is 16.8 Å². The van der Waals surface area contributed by atoms with Gasteiger partial charge in [0.25, 0.3) is 0 Å². The first-order chi connectivity index (χ1) is 11.7. The van der Waals surface area contributed by atoms with Crippen molar-refractivity contribution in [3.8, 4) is 0 Å². The van der Waals surface area contributed by atoms with Gasteiger partial charge in [-0.05, 0) is 43.7 Å². The van der Waals surface area contributed by atoms with Crippen LogP contribution in [0.1, 0.15) is 16.8 Å². The lowest BCUT2D eigenvalue weighted by Crippen LogP contribution is -2.46. The van der Waals surface area contributed by atoms with Gasteiger partial charge < -0.3 is 9.42 Å². The van der Waals surface area contributed by atoms with Gasteiger partial charge in [0.05, 0.1) is 5.39 Å². The summed E-state index contributed by atoms with van der Waals surface area (Å²) in [5.41, 5.74) is 4.51. The molecule has 0 saturated carbocycles. The number of anilines is 1. The van der Waals surface area contributed by atoms with Gasteiger partial charge in [-0.25, -0.2) is 0 Å². The molecule has 2 aromatic heterocycles. The van der Waals surface area contributed by atoms with Gasteiger partial charge in [0.1, 0.15) is 0 Å². The highest BCUT2D eigenvalue weighted by Crippen LogP contribution is 2.27. The first kappa shape index (κ1) is 15.1. The average molecular weight is 322 g/mol. The summed E-state index contributed by atoms with van der Waals surface area (Å²) < 4.78 is 5.48. The Hall–Kier alpha value is -2.40. The fraction of sp³-hybridized carbons (Fsp3) is 0.368. The van der Waals surface area contributed by atoms with Crippen molar-refractivity contribution < 1.29 is 4.52 Å². The van der Waals surface area contributed by atoms with E-state index < -0.39 is 0 Å². The molecular weight excluding hydrogens is 300 g/mol. The number of nitrogens with zero attached hydrogens (tertiary/aromatic N) is 4. The Morgan fingerprint density at radius 2 is 1.88 bits per heavy atom. The molecule has 0 radical (unpaired) electrons. The van der Waals surface area contributed by atoms with E-state index >= 15 is 0 Å². The maximum absolute atomic E-state index is 5.48. The minimum atomic E-state index is 0.866. The quantitative estimate of drug-likeness (QED) is 0.741. The Balaban J connectivity index is 1.44. The summed E-state index contributed by atoms with van der Waals surface area (Å²) in [5.74, 6) is 0.980. The van der Waals surface area contributed by atoms with E-state index in [4.69, 9.17) is 4.52 Å². The number of hydrogen-bond acceptors (Lipinski definition) is 5. The van der Waals surface area contributed by atoms with Crippen LogP contribution in [0.2, 0.25) is 0 Å². The zero-order valence-corrected chi connectivity index (χ0v) is 14.2. The minimum Gasteiger partial charge on any atom is -0.354 e. The van der Waals surface area contributed by atoms with Crippen LogP contribution in [0.3, 0.4) is 0 Å². The Kier molecular flexibility index (Phi) is 3.94. The number of rotatable bonds is 3. The molecule has 3 heterocycles. The number of benzene rings is 1. The van der Waals surface area contributed by atoms with Crippen LogP contribution in [0.5, 0.6) is 0 Å². The molecule has 24 heavy (non-hydrogen) atoms. The summed E-state index contributed by atoms with van der Waals surface area (Å²) in [6.45, 7) is 9.13. The molecule has 0 atom stereocenters. The predicted molar refractivity (Wildman–Crippen MR) is 95.2 cm³/mol. The third-order valence-electron chi connectivity index (χ3n) is 4.65. The Morgan fingerprint density at radius 3 is 2.67 bits per heavy atom. The number of aryl methyl sites for hydroxylation is 2. The van der Waals surface area contributed by atoms with Gasteiger partial charge in [-0.2, -0.15) is 0 Å². The number of fused-ring (bicyclic) bond motifs is 1. The van der Waals surface area contributed by atoms with Crippen molar-refractivity contribution in [3.05, 3.63) is 53.3 Å². The third-order valence-corrected chi connectivity index (χ3v) is 4.65. The fourth-order valence-corrected chi connectivity index (χ4v) is 3.35. The van der Waals surface area contributed by atoms with Gasteiger partial charge in [-0.3, -0.25) is 9.88 Å². The largest absolute Gasteiger partial charge is 0.354 e. The molecule has 0 unspecified atom stereocenters. The molecule has 5 nitrogen and oxygen atoms in total. The van der Waals surface area contributed by atoms with Crippen molar-refractivity contribution in [1.82, 2.24) is 15.0 Å². The lowest BCUT2D eigenvalue weighted by Gasteiger charge is -2.34. The molecule has 4 rings (SSSR count). The number of piperazine rings is 1. The zero-order valence-electron chi connectivity index (χ0n) is 14.2. The Bertz CT molecular complexity index is 849. The highest BCUT2D eigenvalue weighted by atomic mass is 16.5. The lowest BCUT2D eigenvalue weighted by molar-refractivity contribution is 0.248. The van der Waals surface area contributed by atoms with Gasteiger partial charge in [0.15, 0.2) is 11.4 Å². The Morgan fingerprint density at radius 1 is 1.04 bits per heavy atom. The molecule has 0 spiro atoms. The van der Waals surface area contributed by atoms with E-state index in [1.54, 1.807) is 0 Å². The first-order valence-electron chi connectivity index (χ1n) is 8.44. The van der Waals surface area contributed by atoms with Gasteiger partial charge in [-0.1, -0.05) is 16.8 Å². The Labute approximate surface area is 141 Å². The van der Waals surface area contributed by atoms with Gasteiger partial charge in [-0.15, -0.1) is 0 Å². The highest BCUT2D eigenvalue weighted by molar-refractivity contribution is 5.89. The van der Waals surface area contributed by atoms with Crippen LogP contribution < -0.4 is 4.90 Å². The topological polar surface area (TPSA) is 45.4 Å². The molecule has 1 aliphatic heterocycles. The molecule has 1 saturated heterocycles. The first-order valence-corrected chi connectivity index (χ1v) is 8.44. The van der Waals surface area contributed by atoms with E-state index in [2.05, 4.69) is 51.1 Å². The molecule has 1 aliphatic rings. The van der Waals surface area contributed by atoms with E-state index in [1.807, 2.05) is 19.2 Å². The molecule has 0 aliphatic carbocycles. The smallest absolute Gasteiger partial charge is 0.180 e. The maximum Gasteiger partial charge on any atom is 0.180 e. The van der Waals surface area contributed by atoms with Crippen molar-refractivity contribution in [2.24, 2.45) is 0 Å². The zero-order chi connectivity index (χ0) is 16.5. The number of hydrogen-bond donors (Lipinski definition) is 0. The second-order valence-corrected chi connectivity index (χ2v) is 6.57. The van der Waals surface area contributed by atoms with Crippen LogP contribution in [-0.4, -0.2) is 41.2 Å². The predicted octanol–water partition coefficient (Wildman–Crippen LogP) is 3.16. The SMILES string of the molecule is Cc1ccc2onc(N3CCN(Cc4ccnc(C)c4)CC3)c2c1. The van der Waals surface area contributed by atoms with Crippen LogP contribution in [0.25, 0.3) is 11.0 Å². The number of pyridine rings is 1. The van der Waals surface area contributed by atoms with Crippen LogP contribution in [0, 0.1) is 13.8 Å². The van der Waals surface area contributed by atoms with Gasteiger partial charge in [0.2, 0.25) is 0 Å². The third kappa shape index (κ3) is 2.99. The average Bonchev–Trinajstić information content (AvgIpc) is 2.99. The van der Waals surface area contributed by atoms with Gasteiger partial charge >= 0.3 is 0 Å². The summed E-state index contributed by atoms with van der Waals surface area (Å²) >= 11 is 0. The van der Waals surface area contributed by atoms with E-state index in [9.17, 15) is 0 Å². The standard InChI is InChI=1S/C19H22N4O/c1-14-3-4-18-17(11-14)19(21-24-18)23-9-7-22(8-10-23)13-16-5-6-20-15(2)12-16/h3-6,11-12H,7-10,13H2,1-2H3. The minimum absolute atomic E-state index is 0.866. The summed E-state index contributed by atoms with van der Waals surface area (Å²) in [5, 5.41) is 5.42. The van der Waals surface area contributed by atoms with E-state index in [1.165, 1.54) is 11.1 Å². The summed E-state index contributed by atoms with van der Waals surface area (Å²) in [4.78, 5) is 9.09. The van der Waals surface area contributed by atoms with Crippen molar-refractivity contribution in [2.75, 3.05) is 31.1 Å². The highest BCUT2D eigenvalue weighted by Gasteiger charge is 2.21. The molecule has 5 heteroatoms. The molecule has 0 bridgehead atoms.